The largest absolute Gasteiger partial charge is 0.350 e. The van der Waals surface area contributed by atoms with Crippen LogP contribution in [0, 0.1) is 5.82 Å². The van der Waals surface area contributed by atoms with Crippen LogP contribution in [-0.4, -0.2) is 20.9 Å². The molecule has 5 nitrogen and oxygen atoms in total. The summed E-state index contributed by atoms with van der Waals surface area (Å²) < 4.78 is 40.9. The van der Waals surface area contributed by atoms with E-state index in [1.54, 1.807) is 30.3 Å². The van der Waals surface area contributed by atoms with Crippen molar-refractivity contribution >= 4 is 21.6 Å². The first-order valence-corrected chi connectivity index (χ1v) is 12.0. The smallest absolute Gasteiger partial charge is 0.264 e. The quantitative estimate of drug-likeness (QED) is 0.519. The van der Waals surface area contributed by atoms with Gasteiger partial charge in [-0.2, -0.15) is 0 Å². The number of aryl methyl sites for hydroxylation is 2. The van der Waals surface area contributed by atoms with Crippen LogP contribution in [0.1, 0.15) is 30.5 Å². The van der Waals surface area contributed by atoms with Crippen molar-refractivity contribution in [3.8, 4) is 0 Å². The Morgan fingerprint density at radius 1 is 0.906 bits per heavy atom. The van der Waals surface area contributed by atoms with Crippen molar-refractivity contribution in [3.05, 3.63) is 95.3 Å². The Balaban J connectivity index is 1.83. The van der Waals surface area contributed by atoms with Gasteiger partial charge in [0.2, 0.25) is 5.91 Å². The molecular formula is C25H27FN2O3S. The molecule has 0 spiro atoms. The summed E-state index contributed by atoms with van der Waals surface area (Å²) in [6.07, 6.45) is 1.73. The summed E-state index contributed by atoms with van der Waals surface area (Å²) in [6, 6.07) is 19.2. The van der Waals surface area contributed by atoms with Crippen LogP contribution in [0.25, 0.3) is 0 Å². The van der Waals surface area contributed by atoms with Crippen molar-refractivity contribution in [2.75, 3.05) is 10.8 Å². The third-order valence-electron chi connectivity index (χ3n) is 5.27. The van der Waals surface area contributed by atoms with Crippen LogP contribution in [0.4, 0.5) is 10.1 Å². The molecule has 0 aliphatic rings. The first-order valence-electron chi connectivity index (χ1n) is 10.6. The molecule has 0 aromatic heterocycles. The molecule has 0 radical (unpaired) electrons. The number of carbonyl (C=O) groups is 1. The minimum Gasteiger partial charge on any atom is -0.350 e. The molecular weight excluding hydrogens is 427 g/mol. The number of halogens is 1. The van der Waals surface area contributed by atoms with E-state index in [4.69, 9.17) is 0 Å². The Bertz CT molecular complexity index is 1160. The monoisotopic (exact) mass is 454 g/mol. The summed E-state index contributed by atoms with van der Waals surface area (Å²) in [5.74, 6) is -0.961. The summed E-state index contributed by atoms with van der Waals surface area (Å²) >= 11 is 0. The van der Waals surface area contributed by atoms with Crippen molar-refractivity contribution in [1.29, 1.82) is 0 Å². The number of nitrogens with zero attached hydrogens (tertiary/aromatic N) is 1. The van der Waals surface area contributed by atoms with Crippen molar-refractivity contribution < 1.29 is 17.6 Å². The molecule has 32 heavy (non-hydrogen) atoms. The molecule has 0 fully saturated rings. The Kier molecular flexibility index (Phi) is 7.64. The van der Waals surface area contributed by atoms with Gasteiger partial charge in [-0.3, -0.25) is 9.10 Å². The number of carbonyl (C=O) groups excluding carboxylic acids is 1. The molecule has 0 bridgehead atoms. The molecule has 3 aromatic carbocycles. The average Bonchev–Trinajstić information content (AvgIpc) is 2.81. The van der Waals surface area contributed by atoms with Crippen LogP contribution in [0.3, 0.4) is 0 Å². The maximum absolute atomic E-state index is 13.3. The van der Waals surface area contributed by atoms with E-state index in [9.17, 15) is 17.6 Å². The fraction of sp³-hybridized carbons (Fsp3) is 0.240. The van der Waals surface area contributed by atoms with Crippen LogP contribution < -0.4 is 9.62 Å². The molecule has 168 valence electrons. The topological polar surface area (TPSA) is 66.5 Å². The zero-order valence-electron chi connectivity index (χ0n) is 18.2. The summed E-state index contributed by atoms with van der Waals surface area (Å²) in [4.78, 5) is 12.7. The van der Waals surface area contributed by atoms with E-state index in [-0.39, 0.29) is 4.90 Å². The number of hydrogen-bond donors (Lipinski definition) is 1. The highest BCUT2D eigenvalue weighted by molar-refractivity contribution is 7.92. The van der Waals surface area contributed by atoms with Crippen LogP contribution in [-0.2, 0) is 34.2 Å². The van der Waals surface area contributed by atoms with Crippen molar-refractivity contribution in [2.24, 2.45) is 0 Å². The number of sulfonamides is 1. The van der Waals surface area contributed by atoms with Crippen molar-refractivity contribution in [3.63, 3.8) is 0 Å². The van der Waals surface area contributed by atoms with E-state index in [0.29, 0.717) is 12.2 Å². The van der Waals surface area contributed by atoms with Gasteiger partial charge in [0, 0.05) is 6.54 Å². The maximum Gasteiger partial charge on any atom is 0.264 e. The van der Waals surface area contributed by atoms with Crippen LogP contribution in [0.15, 0.2) is 77.7 Å². The van der Waals surface area contributed by atoms with E-state index in [1.807, 2.05) is 0 Å². The minimum absolute atomic E-state index is 0.0838. The third kappa shape index (κ3) is 5.53. The maximum atomic E-state index is 13.3. The van der Waals surface area contributed by atoms with Gasteiger partial charge in [-0.1, -0.05) is 50.2 Å². The van der Waals surface area contributed by atoms with Crippen molar-refractivity contribution in [1.82, 2.24) is 5.32 Å². The molecule has 3 aromatic rings. The number of hydrogen-bond acceptors (Lipinski definition) is 3. The summed E-state index contributed by atoms with van der Waals surface area (Å²) in [7, 11) is -4.07. The number of amides is 1. The molecule has 0 atom stereocenters. The molecule has 1 amide bonds. The summed E-state index contributed by atoms with van der Waals surface area (Å²) in [6.45, 7) is 4.05. The lowest BCUT2D eigenvalue weighted by atomic mass is 10.0. The highest BCUT2D eigenvalue weighted by Gasteiger charge is 2.27. The zero-order valence-corrected chi connectivity index (χ0v) is 19.0. The van der Waals surface area contributed by atoms with Gasteiger partial charge in [0.05, 0.1) is 10.6 Å². The zero-order chi connectivity index (χ0) is 23.1. The first-order chi connectivity index (χ1) is 15.3. The Labute approximate surface area is 188 Å². The van der Waals surface area contributed by atoms with Gasteiger partial charge in [0.25, 0.3) is 10.0 Å². The van der Waals surface area contributed by atoms with Gasteiger partial charge in [0.15, 0.2) is 0 Å². The fourth-order valence-electron chi connectivity index (χ4n) is 3.43. The Hall–Kier alpha value is -3.19. The van der Waals surface area contributed by atoms with Gasteiger partial charge < -0.3 is 5.32 Å². The van der Waals surface area contributed by atoms with E-state index >= 15 is 0 Å². The lowest BCUT2D eigenvalue weighted by molar-refractivity contribution is -0.119. The Morgan fingerprint density at radius 3 is 2.22 bits per heavy atom. The molecule has 0 aliphatic carbocycles. The van der Waals surface area contributed by atoms with Gasteiger partial charge in [-0.15, -0.1) is 0 Å². The Morgan fingerprint density at radius 2 is 1.59 bits per heavy atom. The standard InChI is InChI=1S/C25H27FN2O3S/c1-3-19-10-11-20(4-2)21(16-19)17-27-25(29)18-28(23-8-6-5-7-9-23)32(30,31)24-14-12-22(26)13-15-24/h5-16H,3-4,17-18H2,1-2H3,(H,27,29). The van der Waals surface area contributed by atoms with Gasteiger partial charge in [-0.05, 0) is 65.9 Å². The highest BCUT2D eigenvalue weighted by Crippen LogP contribution is 2.23. The van der Waals surface area contributed by atoms with Gasteiger partial charge in [-0.25, -0.2) is 12.8 Å². The van der Waals surface area contributed by atoms with Crippen LogP contribution >= 0.6 is 0 Å². The van der Waals surface area contributed by atoms with E-state index in [1.165, 1.54) is 17.7 Å². The lowest BCUT2D eigenvalue weighted by Crippen LogP contribution is -2.40. The average molecular weight is 455 g/mol. The number of anilines is 1. The first kappa shape index (κ1) is 23.5. The summed E-state index contributed by atoms with van der Waals surface area (Å²) in [5.41, 5.74) is 3.69. The van der Waals surface area contributed by atoms with Crippen molar-refractivity contribution in [2.45, 2.75) is 38.1 Å². The molecule has 0 saturated carbocycles. The van der Waals surface area contributed by atoms with Crippen LogP contribution in [0.5, 0.6) is 0 Å². The second-order valence-electron chi connectivity index (χ2n) is 7.39. The summed E-state index contributed by atoms with van der Waals surface area (Å²) in [5, 5.41) is 2.85. The van der Waals surface area contributed by atoms with Gasteiger partial charge in [0.1, 0.15) is 12.4 Å². The predicted molar refractivity (Wildman–Crippen MR) is 124 cm³/mol. The molecule has 1 N–H and O–H groups in total. The highest BCUT2D eigenvalue weighted by atomic mass is 32.2. The minimum atomic E-state index is -4.07. The second kappa shape index (κ2) is 10.4. The second-order valence-corrected chi connectivity index (χ2v) is 9.25. The number of rotatable bonds is 9. The van der Waals surface area contributed by atoms with Gasteiger partial charge >= 0.3 is 0 Å². The van der Waals surface area contributed by atoms with E-state index in [2.05, 4.69) is 37.4 Å². The van der Waals surface area contributed by atoms with E-state index < -0.39 is 28.3 Å². The third-order valence-corrected chi connectivity index (χ3v) is 7.06. The molecule has 0 unspecified atom stereocenters. The normalized spacial score (nSPS) is 11.2. The van der Waals surface area contributed by atoms with E-state index in [0.717, 1.165) is 40.4 Å². The molecule has 7 heteroatoms. The SMILES string of the molecule is CCc1ccc(CC)c(CNC(=O)CN(c2ccccc2)S(=O)(=O)c2ccc(F)cc2)c1. The number of benzene rings is 3. The predicted octanol–water partition coefficient (Wildman–Crippen LogP) is 4.46. The molecule has 0 heterocycles. The molecule has 0 saturated heterocycles. The van der Waals surface area contributed by atoms with Crippen LogP contribution in [0.2, 0.25) is 0 Å². The fourth-order valence-corrected chi connectivity index (χ4v) is 4.85. The number of para-hydroxylation sites is 1. The molecule has 3 rings (SSSR count). The number of nitrogens with one attached hydrogen (secondary N) is 1. The lowest BCUT2D eigenvalue weighted by Gasteiger charge is -2.24. The molecule has 0 aliphatic heterocycles.